The van der Waals surface area contributed by atoms with Gasteiger partial charge in [-0.1, -0.05) is 41.0 Å². The van der Waals surface area contributed by atoms with E-state index in [2.05, 4.69) is 11.1 Å². The Labute approximate surface area is 277 Å². The molecule has 0 aliphatic carbocycles. The molecule has 3 aromatic carbocycles. The number of nitriles is 1. The number of hydrogen-bond donors (Lipinski definition) is 0. The first kappa shape index (κ1) is 32.5. The number of esters is 1. The van der Waals surface area contributed by atoms with Gasteiger partial charge in [0, 0.05) is 17.5 Å². The van der Waals surface area contributed by atoms with Crippen LogP contribution in [0.3, 0.4) is 0 Å². The molecule has 0 saturated carbocycles. The zero-order chi connectivity index (χ0) is 33.0. The number of hydrogen-bond acceptors (Lipinski definition) is 10. The third-order valence-electron chi connectivity index (χ3n) is 6.96. The van der Waals surface area contributed by atoms with Crippen molar-refractivity contribution in [3.63, 3.8) is 0 Å². The molecule has 1 aliphatic rings. The minimum atomic E-state index is -0.830. The van der Waals surface area contributed by atoms with Crippen molar-refractivity contribution >= 4 is 64.2 Å². The molecule has 1 aromatic heterocycles. The third kappa shape index (κ3) is 6.84. The Bertz CT molecular complexity index is 1910. The molecule has 0 N–H and O–H groups in total. The third-order valence-corrected chi connectivity index (χ3v) is 8.88. The lowest BCUT2D eigenvalue weighted by atomic mass is 10.1. The fourth-order valence-corrected chi connectivity index (χ4v) is 5.98. The monoisotopic (exact) mass is 675 g/mol. The Morgan fingerprint density at radius 3 is 2.33 bits per heavy atom. The van der Waals surface area contributed by atoms with E-state index in [9.17, 15) is 24.4 Å². The van der Waals surface area contributed by atoms with E-state index >= 15 is 0 Å². The molecule has 1 atom stereocenters. The highest BCUT2D eigenvalue weighted by Crippen LogP contribution is 2.36. The molecule has 2 heterocycles. The van der Waals surface area contributed by atoms with E-state index in [0.717, 1.165) is 16.7 Å². The Balaban J connectivity index is 1.25. The van der Waals surface area contributed by atoms with Gasteiger partial charge in [0.25, 0.3) is 0 Å². The molecule has 4 aromatic rings. The topological polar surface area (TPSA) is 136 Å². The van der Waals surface area contributed by atoms with Crippen LogP contribution in [0.15, 0.2) is 77.8 Å². The molecule has 1 fully saturated rings. The maximum atomic E-state index is 13.4. The molecular weight excluding hydrogens is 653 g/mol. The number of carbonyl (C=O) groups excluding carboxylic acids is 4. The van der Waals surface area contributed by atoms with Gasteiger partial charge in [-0.2, -0.15) is 5.26 Å². The van der Waals surface area contributed by atoms with Crippen LogP contribution in [0.4, 0.5) is 5.69 Å². The SMILES string of the molecule is COc1ccc(C(=O)COC(=O)c2ccc(N3C(=O)CC(Sc4nc(-c5ccc(Cl)c(Cl)c5)ccc4C#N)C3=O)cc2)cc1OC. The number of aromatic nitrogens is 1. The summed E-state index contributed by atoms with van der Waals surface area (Å²) in [5.41, 5.74) is 2.09. The van der Waals surface area contributed by atoms with Gasteiger partial charge in [0.1, 0.15) is 11.1 Å². The average Bonchev–Trinajstić information content (AvgIpc) is 3.35. The lowest BCUT2D eigenvalue weighted by molar-refractivity contribution is -0.121. The summed E-state index contributed by atoms with van der Waals surface area (Å²) in [6.45, 7) is -0.511. The average molecular weight is 677 g/mol. The first-order valence-electron chi connectivity index (χ1n) is 13.6. The summed E-state index contributed by atoms with van der Waals surface area (Å²) in [7, 11) is 2.92. The highest BCUT2D eigenvalue weighted by Gasteiger charge is 2.41. The zero-order valence-electron chi connectivity index (χ0n) is 24.3. The fourth-order valence-electron chi connectivity index (χ4n) is 4.59. The lowest BCUT2D eigenvalue weighted by Crippen LogP contribution is -2.31. The number of ether oxygens (including phenoxy) is 3. The van der Waals surface area contributed by atoms with Crippen LogP contribution in [0.1, 0.15) is 32.7 Å². The second kappa shape index (κ2) is 14.0. The van der Waals surface area contributed by atoms with Gasteiger partial charge < -0.3 is 14.2 Å². The summed E-state index contributed by atoms with van der Waals surface area (Å²) < 4.78 is 15.6. The Morgan fingerprint density at radius 1 is 0.935 bits per heavy atom. The quantitative estimate of drug-likeness (QED) is 0.105. The van der Waals surface area contributed by atoms with Crippen molar-refractivity contribution in [3.8, 4) is 28.8 Å². The number of anilines is 1. The van der Waals surface area contributed by atoms with Crippen LogP contribution in [0.5, 0.6) is 11.5 Å². The van der Waals surface area contributed by atoms with E-state index in [1.807, 2.05) is 0 Å². The molecule has 5 rings (SSSR count). The Kier molecular flexibility index (Phi) is 9.92. The maximum absolute atomic E-state index is 13.4. The summed E-state index contributed by atoms with van der Waals surface area (Å²) >= 11 is 13.2. The molecule has 1 unspecified atom stereocenters. The highest BCUT2D eigenvalue weighted by atomic mass is 35.5. The number of halogens is 2. The first-order valence-corrected chi connectivity index (χ1v) is 15.2. The number of benzene rings is 3. The number of nitrogens with zero attached hydrogens (tertiary/aromatic N) is 3. The molecule has 2 amide bonds. The van der Waals surface area contributed by atoms with Gasteiger partial charge in [0.2, 0.25) is 11.8 Å². The van der Waals surface area contributed by atoms with E-state index in [4.69, 9.17) is 37.4 Å². The zero-order valence-corrected chi connectivity index (χ0v) is 26.6. The molecule has 232 valence electrons. The smallest absolute Gasteiger partial charge is 0.338 e. The lowest BCUT2D eigenvalue weighted by Gasteiger charge is -2.15. The summed E-state index contributed by atoms with van der Waals surface area (Å²) in [5.74, 6) is -1.33. The number of rotatable bonds is 10. The fraction of sp³-hybridized carbons (Fsp3) is 0.152. The second-order valence-electron chi connectivity index (χ2n) is 9.78. The van der Waals surface area contributed by atoms with Crippen molar-refractivity contribution in [2.45, 2.75) is 16.7 Å². The minimum Gasteiger partial charge on any atom is -0.493 e. The Morgan fingerprint density at radius 2 is 1.65 bits per heavy atom. The van der Waals surface area contributed by atoms with Crippen LogP contribution in [0.25, 0.3) is 11.3 Å². The molecule has 1 saturated heterocycles. The second-order valence-corrected chi connectivity index (χ2v) is 11.8. The van der Waals surface area contributed by atoms with Gasteiger partial charge >= 0.3 is 5.97 Å². The standard InChI is InChI=1S/C33H23Cl2N3O7S/c1-43-27-12-7-20(14-28(27)44-2)26(39)17-45-33(42)18-3-8-22(9-4-18)38-30(40)15-29(32(38)41)46-31-21(16-36)6-11-25(37-31)19-5-10-23(34)24(35)13-19/h3-14,29H,15,17H2,1-2H3. The van der Waals surface area contributed by atoms with E-state index in [1.165, 1.54) is 50.6 Å². The van der Waals surface area contributed by atoms with Gasteiger partial charge in [-0.3, -0.25) is 14.4 Å². The molecule has 1 aliphatic heterocycles. The number of imide groups is 1. The summed E-state index contributed by atoms with van der Waals surface area (Å²) in [6.07, 6.45) is -0.116. The van der Waals surface area contributed by atoms with E-state index in [0.29, 0.717) is 37.8 Å². The predicted molar refractivity (Wildman–Crippen MR) is 172 cm³/mol. The van der Waals surface area contributed by atoms with Crippen LogP contribution in [0, 0.1) is 11.3 Å². The van der Waals surface area contributed by atoms with Crippen molar-refractivity contribution in [3.05, 3.63) is 99.5 Å². The number of ketones is 1. The van der Waals surface area contributed by atoms with Crippen LogP contribution in [0.2, 0.25) is 10.0 Å². The van der Waals surface area contributed by atoms with Gasteiger partial charge in [0.15, 0.2) is 23.9 Å². The molecular formula is C33H23Cl2N3O7S. The Hall–Kier alpha value is -4.89. The summed E-state index contributed by atoms with van der Waals surface area (Å²) in [6, 6.07) is 20.6. The number of pyridine rings is 1. The normalized spacial score (nSPS) is 14.2. The van der Waals surface area contributed by atoms with Crippen LogP contribution in [-0.2, 0) is 14.3 Å². The van der Waals surface area contributed by atoms with Crippen molar-refractivity contribution in [1.82, 2.24) is 4.98 Å². The first-order chi connectivity index (χ1) is 22.1. The minimum absolute atomic E-state index is 0.116. The van der Waals surface area contributed by atoms with Crippen molar-refractivity contribution in [1.29, 1.82) is 5.26 Å². The van der Waals surface area contributed by atoms with Gasteiger partial charge in [-0.15, -0.1) is 0 Å². The molecule has 0 radical (unpaired) electrons. The molecule has 13 heteroatoms. The molecule has 0 spiro atoms. The van der Waals surface area contributed by atoms with Crippen molar-refractivity contribution in [2.75, 3.05) is 25.7 Å². The molecule has 46 heavy (non-hydrogen) atoms. The van der Waals surface area contributed by atoms with Crippen molar-refractivity contribution < 1.29 is 33.4 Å². The number of methoxy groups -OCH3 is 2. The largest absolute Gasteiger partial charge is 0.493 e. The highest BCUT2D eigenvalue weighted by molar-refractivity contribution is 8.00. The van der Waals surface area contributed by atoms with Gasteiger partial charge in [-0.25, -0.2) is 14.7 Å². The van der Waals surface area contributed by atoms with Crippen LogP contribution >= 0.6 is 35.0 Å². The summed E-state index contributed by atoms with van der Waals surface area (Å²) in [4.78, 5) is 57.1. The predicted octanol–water partition coefficient (Wildman–Crippen LogP) is 6.41. The van der Waals surface area contributed by atoms with E-state index < -0.39 is 35.4 Å². The number of thioether (sulfide) groups is 1. The molecule has 10 nitrogen and oxygen atoms in total. The molecule has 0 bridgehead atoms. The van der Waals surface area contributed by atoms with Gasteiger partial charge in [-0.05, 0) is 66.7 Å². The van der Waals surface area contributed by atoms with Crippen LogP contribution in [-0.4, -0.2) is 54.6 Å². The summed E-state index contributed by atoms with van der Waals surface area (Å²) in [5, 5.41) is 9.84. The number of amides is 2. The van der Waals surface area contributed by atoms with Crippen LogP contribution < -0.4 is 14.4 Å². The van der Waals surface area contributed by atoms with Gasteiger partial charge in [0.05, 0.1) is 52.0 Å². The number of Topliss-reactive ketones (excluding diaryl/α,β-unsaturated/α-hetero) is 1. The van der Waals surface area contributed by atoms with E-state index in [-0.39, 0.29) is 28.8 Å². The van der Waals surface area contributed by atoms with Crippen molar-refractivity contribution in [2.24, 2.45) is 0 Å². The van der Waals surface area contributed by atoms with E-state index in [1.54, 1.807) is 36.4 Å². The number of carbonyl (C=O) groups is 4. The maximum Gasteiger partial charge on any atom is 0.338 e.